The Hall–Kier alpha value is -4.46. The van der Waals surface area contributed by atoms with Gasteiger partial charge < -0.3 is 26.8 Å². The molecule has 0 aliphatic rings. The van der Waals surface area contributed by atoms with Gasteiger partial charge in [0.05, 0.1) is 0 Å². The maximum atomic E-state index is 13.5. The lowest BCUT2D eigenvalue weighted by molar-refractivity contribution is -0.118. The molecule has 4 aromatic carbocycles. The van der Waals surface area contributed by atoms with Crippen molar-refractivity contribution in [3.05, 3.63) is 125 Å². The van der Waals surface area contributed by atoms with Crippen LogP contribution in [0.4, 0.5) is 10.5 Å². The summed E-state index contributed by atoms with van der Waals surface area (Å²) < 4.78 is 5.42. The van der Waals surface area contributed by atoms with Crippen molar-refractivity contribution in [3.8, 4) is 11.1 Å². The highest BCUT2D eigenvalue weighted by Crippen LogP contribution is 2.28. The molecule has 4 aromatic rings. The van der Waals surface area contributed by atoms with Gasteiger partial charge in [0.25, 0.3) is 5.91 Å². The Morgan fingerprint density at radius 2 is 1.50 bits per heavy atom. The van der Waals surface area contributed by atoms with Gasteiger partial charge in [-0.05, 0) is 70.1 Å². The van der Waals surface area contributed by atoms with E-state index in [2.05, 4.69) is 10.6 Å². The van der Waals surface area contributed by atoms with E-state index in [1.807, 2.05) is 91.9 Å². The number of rotatable bonds is 9. The highest BCUT2D eigenvalue weighted by Gasteiger charge is 2.24. The van der Waals surface area contributed by atoms with E-state index in [-0.39, 0.29) is 6.61 Å². The Kier molecular flexibility index (Phi) is 8.87. The van der Waals surface area contributed by atoms with Gasteiger partial charge in [0.15, 0.2) is 0 Å². The van der Waals surface area contributed by atoms with Crippen LogP contribution >= 0.6 is 0 Å². The molecule has 0 fully saturated rings. The van der Waals surface area contributed by atoms with Crippen LogP contribution in [0.3, 0.4) is 0 Å². The van der Waals surface area contributed by atoms with Crippen molar-refractivity contribution in [2.75, 3.05) is 5.32 Å². The van der Waals surface area contributed by atoms with Crippen molar-refractivity contribution < 1.29 is 14.3 Å². The Morgan fingerprint density at radius 1 is 0.789 bits per heavy atom. The summed E-state index contributed by atoms with van der Waals surface area (Å²) in [6.45, 7) is 2.88. The monoisotopic (exact) mass is 508 g/mol. The summed E-state index contributed by atoms with van der Waals surface area (Å²) in [7, 11) is 0. The van der Waals surface area contributed by atoms with Crippen molar-refractivity contribution in [1.29, 1.82) is 0 Å². The van der Waals surface area contributed by atoms with Crippen LogP contribution in [-0.2, 0) is 29.2 Å². The second kappa shape index (κ2) is 12.7. The fourth-order valence-corrected chi connectivity index (χ4v) is 4.17. The molecule has 0 aliphatic heterocycles. The van der Waals surface area contributed by atoms with Crippen LogP contribution in [0.15, 0.2) is 97.1 Å². The molecular weight excluding hydrogens is 476 g/mol. The first-order valence-corrected chi connectivity index (χ1v) is 12.4. The quantitative estimate of drug-likeness (QED) is 0.248. The second-order valence-electron chi connectivity index (χ2n) is 9.01. The fourth-order valence-electron chi connectivity index (χ4n) is 4.17. The zero-order valence-electron chi connectivity index (χ0n) is 21.3. The molecule has 6 N–H and O–H groups in total. The smallest absolute Gasteiger partial charge is 0.408 e. The second-order valence-corrected chi connectivity index (χ2v) is 9.01. The molecule has 1 atom stereocenters. The van der Waals surface area contributed by atoms with Gasteiger partial charge >= 0.3 is 6.09 Å². The normalized spacial score (nSPS) is 11.4. The summed E-state index contributed by atoms with van der Waals surface area (Å²) in [5.41, 5.74) is 18.6. The van der Waals surface area contributed by atoms with Gasteiger partial charge in [0.2, 0.25) is 0 Å². The molecule has 0 aliphatic carbocycles. The summed E-state index contributed by atoms with van der Waals surface area (Å²) in [5, 5.41) is 5.65. The van der Waals surface area contributed by atoms with Crippen molar-refractivity contribution in [2.45, 2.75) is 32.7 Å². The standard InChI is InChI=1S/C31H32N4O3/c1-21-13-14-24(19-33)16-28(21)25-10-6-11-26(17-25)29(30(36)34-27-12-5-9-23(15-27)18-32)35-31(37)38-20-22-7-3-2-4-8-22/h2-17,29H,18-20,32-33H2,1H3,(H,34,36)(H,35,37)/t29-/m0/s1. The number of hydrogen-bond donors (Lipinski definition) is 4. The van der Waals surface area contributed by atoms with Crippen LogP contribution in [-0.4, -0.2) is 12.0 Å². The van der Waals surface area contributed by atoms with E-state index in [1.54, 1.807) is 12.1 Å². The lowest BCUT2D eigenvalue weighted by atomic mass is 9.95. The number of nitrogens with two attached hydrogens (primary N) is 2. The van der Waals surface area contributed by atoms with Crippen molar-refractivity contribution >= 4 is 17.7 Å². The summed E-state index contributed by atoms with van der Waals surface area (Å²) >= 11 is 0. The molecule has 7 heteroatoms. The maximum Gasteiger partial charge on any atom is 0.408 e. The molecule has 0 radical (unpaired) electrons. The van der Waals surface area contributed by atoms with Crippen LogP contribution in [0.2, 0.25) is 0 Å². The zero-order valence-corrected chi connectivity index (χ0v) is 21.3. The van der Waals surface area contributed by atoms with Gasteiger partial charge in [0, 0.05) is 18.8 Å². The van der Waals surface area contributed by atoms with Crippen molar-refractivity contribution in [2.24, 2.45) is 11.5 Å². The number of alkyl carbamates (subject to hydrolysis) is 1. The molecule has 2 amide bonds. The lowest BCUT2D eigenvalue weighted by Crippen LogP contribution is -2.37. The molecule has 0 saturated heterocycles. The Balaban J connectivity index is 1.62. The number of carbonyl (C=O) groups excluding carboxylic acids is 2. The highest BCUT2D eigenvalue weighted by molar-refractivity contribution is 5.97. The third-order valence-corrected chi connectivity index (χ3v) is 6.24. The third-order valence-electron chi connectivity index (χ3n) is 6.24. The lowest BCUT2D eigenvalue weighted by Gasteiger charge is -2.20. The van der Waals surface area contributed by atoms with E-state index in [0.29, 0.717) is 24.3 Å². The summed E-state index contributed by atoms with van der Waals surface area (Å²) in [5.74, 6) is -0.402. The average molecular weight is 509 g/mol. The molecule has 0 heterocycles. The fraction of sp³-hybridized carbons (Fsp3) is 0.161. The number of aryl methyl sites for hydroxylation is 1. The van der Waals surface area contributed by atoms with E-state index in [0.717, 1.165) is 33.4 Å². The van der Waals surface area contributed by atoms with Crippen LogP contribution in [0.25, 0.3) is 11.1 Å². The third kappa shape index (κ3) is 6.85. The largest absolute Gasteiger partial charge is 0.445 e. The molecular formula is C31H32N4O3. The van der Waals surface area contributed by atoms with Crippen molar-refractivity contribution in [3.63, 3.8) is 0 Å². The minimum absolute atomic E-state index is 0.0880. The van der Waals surface area contributed by atoms with Gasteiger partial charge in [-0.15, -0.1) is 0 Å². The van der Waals surface area contributed by atoms with Crippen LogP contribution < -0.4 is 22.1 Å². The summed E-state index contributed by atoms with van der Waals surface area (Å²) in [4.78, 5) is 26.3. The first-order chi connectivity index (χ1) is 18.5. The number of hydrogen-bond acceptors (Lipinski definition) is 5. The maximum absolute atomic E-state index is 13.5. The topological polar surface area (TPSA) is 119 Å². The molecule has 0 bridgehead atoms. The van der Waals surface area contributed by atoms with Crippen molar-refractivity contribution in [1.82, 2.24) is 5.32 Å². The Bertz CT molecular complexity index is 1410. The highest BCUT2D eigenvalue weighted by atomic mass is 16.5. The molecule has 0 unspecified atom stereocenters. The predicted molar refractivity (Wildman–Crippen MR) is 150 cm³/mol. The predicted octanol–water partition coefficient (Wildman–Crippen LogP) is 5.19. The molecule has 0 saturated carbocycles. The van der Waals surface area contributed by atoms with Gasteiger partial charge in [-0.1, -0.05) is 72.8 Å². The van der Waals surface area contributed by atoms with Crippen LogP contribution in [0.5, 0.6) is 0 Å². The number of amides is 2. The summed E-state index contributed by atoms with van der Waals surface area (Å²) in [6, 6.07) is 29.3. The minimum atomic E-state index is -1.00. The van der Waals surface area contributed by atoms with Crippen LogP contribution in [0, 0.1) is 6.92 Å². The van der Waals surface area contributed by atoms with E-state index in [1.165, 1.54) is 0 Å². The molecule has 0 spiro atoms. The number of carbonyl (C=O) groups is 2. The van der Waals surface area contributed by atoms with E-state index in [4.69, 9.17) is 16.2 Å². The molecule has 38 heavy (non-hydrogen) atoms. The number of benzene rings is 4. The van der Waals surface area contributed by atoms with Gasteiger partial charge in [-0.25, -0.2) is 4.79 Å². The Labute approximate surface area is 222 Å². The Morgan fingerprint density at radius 3 is 2.26 bits per heavy atom. The average Bonchev–Trinajstić information content (AvgIpc) is 2.95. The van der Waals surface area contributed by atoms with E-state index < -0.39 is 18.0 Å². The molecule has 0 aromatic heterocycles. The first kappa shape index (κ1) is 26.6. The number of nitrogens with one attached hydrogen (secondary N) is 2. The number of anilines is 1. The van der Waals surface area contributed by atoms with Gasteiger partial charge in [0.1, 0.15) is 12.6 Å². The SMILES string of the molecule is Cc1ccc(CN)cc1-c1cccc([C@H](NC(=O)OCc2ccccc2)C(=O)Nc2cccc(CN)c2)c1. The van der Waals surface area contributed by atoms with Crippen LogP contribution in [0.1, 0.15) is 33.9 Å². The number of ether oxygens (including phenoxy) is 1. The molecule has 7 nitrogen and oxygen atoms in total. The van der Waals surface area contributed by atoms with E-state index >= 15 is 0 Å². The minimum Gasteiger partial charge on any atom is -0.445 e. The zero-order chi connectivity index (χ0) is 26.9. The van der Waals surface area contributed by atoms with Gasteiger partial charge in [-0.3, -0.25) is 4.79 Å². The summed E-state index contributed by atoms with van der Waals surface area (Å²) in [6.07, 6.45) is -0.698. The molecule has 194 valence electrons. The molecule has 4 rings (SSSR count). The van der Waals surface area contributed by atoms with Gasteiger partial charge in [-0.2, -0.15) is 0 Å². The first-order valence-electron chi connectivity index (χ1n) is 12.4. The van der Waals surface area contributed by atoms with E-state index in [9.17, 15) is 9.59 Å².